The fourth-order valence-electron chi connectivity index (χ4n) is 4.11. The smallest absolute Gasteiger partial charge is 0.167 e. The standard InChI is InChI=1S/C25H24F2/c1-2-17-7-9-20(10-8-17)22-15-16-23(25(27)24(22)26)21-13-11-19(12-14-21)18-5-3-4-6-18/h7-16,18H,2-6H2,1H3. The molecule has 1 aliphatic carbocycles. The van der Waals surface area contributed by atoms with Crippen molar-refractivity contribution in [3.63, 3.8) is 0 Å². The van der Waals surface area contributed by atoms with Crippen molar-refractivity contribution in [1.82, 2.24) is 0 Å². The van der Waals surface area contributed by atoms with Crippen LogP contribution in [-0.2, 0) is 6.42 Å². The predicted octanol–water partition coefficient (Wildman–Crippen LogP) is 7.52. The molecule has 0 spiro atoms. The van der Waals surface area contributed by atoms with Gasteiger partial charge >= 0.3 is 0 Å². The second kappa shape index (κ2) is 7.64. The Kier molecular flexibility index (Phi) is 5.07. The van der Waals surface area contributed by atoms with Crippen molar-refractivity contribution in [3.8, 4) is 22.3 Å². The maximum atomic E-state index is 14.8. The zero-order chi connectivity index (χ0) is 18.8. The largest absolute Gasteiger partial charge is 0.203 e. The van der Waals surface area contributed by atoms with E-state index in [9.17, 15) is 8.78 Å². The molecule has 0 nitrogen and oxygen atoms in total. The quantitative estimate of drug-likeness (QED) is 0.450. The van der Waals surface area contributed by atoms with Gasteiger partial charge < -0.3 is 0 Å². The van der Waals surface area contributed by atoms with E-state index < -0.39 is 11.6 Å². The first-order chi connectivity index (χ1) is 13.2. The molecule has 0 amide bonds. The fourth-order valence-corrected chi connectivity index (χ4v) is 4.11. The molecule has 0 bridgehead atoms. The highest BCUT2D eigenvalue weighted by molar-refractivity contribution is 5.72. The minimum atomic E-state index is -0.781. The zero-order valence-electron chi connectivity index (χ0n) is 15.6. The van der Waals surface area contributed by atoms with Gasteiger partial charge in [-0.05, 0) is 47.4 Å². The van der Waals surface area contributed by atoms with Crippen LogP contribution in [0.1, 0.15) is 49.7 Å². The Labute approximate surface area is 159 Å². The van der Waals surface area contributed by atoms with E-state index >= 15 is 0 Å². The second-order valence-corrected chi connectivity index (χ2v) is 7.44. The van der Waals surface area contributed by atoms with Crippen LogP contribution in [-0.4, -0.2) is 0 Å². The van der Waals surface area contributed by atoms with Gasteiger partial charge in [0.2, 0.25) is 0 Å². The van der Waals surface area contributed by atoms with Crippen molar-refractivity contribution >= 4 is 0 Å². The summed E-state index contributed by atoms with van der Waals surface area (Å²) in [5, 5.41) is 0. The molecule has 3 aromatic carbocycles. The van der Waals surface area contributed by atoms with Crippen molar-refractivity contribution in [2.75, 3.05) is 0 Å². The van der Waals surface area contributed by atoms with Crippen LogP contribution in [0.5, 0.6) is 0 Å². The first-order valence-electron chi connectivity index (χ1n) is 9.85. The molecule has 0 aromatic heterocycles. The van der Waals surface area contributed by atoms with Crippen molar-refractivity contribution in [1.29, 1.82) is 0 Å². The molecule has 1 saturated carbocycles. The highest BCUT2D eigenvalue weighted by atomic mass is 19.2. The van der Waals surface area contributed by atoms with E-state index in [2.05, 4.69) is 19.1 Å². The Hall–Kier alpha value is -2.48. The predicted molar refractivity (Wildman–Crippen MR) is 108 cm³/mol. The van der Waals surface area contributed by atoms with Crippen molar-refractivity contribution in [3.05, 3.63) is 83.4 Å². The average Bonchev–Trinajstić information content (AvgIpc) is 3.25. The van der Waals surface area contributed by atoms with Crippen LogP contribution >= 0.6 is 0 Å². The maximum Gasteiger partial charge on any atom is 0.167 e. The van der Waals surface area contributed by atoms with Crippen molar-refractivity contribution in [2.45, 2.75) is 44.9 Å². The Balaban J connectivity index is 1.65. The highest BCUT2D eigenvalue weighted by Gasteiger charge is 2.18. The summed E-state index contributed by atoms with van der Waals surface area (Å²) < 4.78 is 29.6. The van der Waals surface area contributed by atoms with E-state index in [1.807, 2.05) is 36.4 Å². The first-order valence-corrected chi connectivity index (χ1v) is 9.85. The van der Waals surface area contributed by atoms with Gasteiger partial charge in [0.25, 0.3) is 0 Å². The lowest BCUT2D eigenvalue weighted by Crippen LogP contribution is -1.95. The Morgan fingerprint density at radius 2 is 1.19 bits per heavy atom. The Morgan fingerprint density at radius 1 is 0.704 bits per heavy atom. The molecule has 0 atom stereocenters. The lowest BCUT2D eigenvalue weighted by Gasteiger charge is -2.12. The van der Waals surface area contributed by atoms with Crippen LogP contribution in [0.2, 0.25) is 0 Å². The monoisotopic (exact) mass is 362 g/mol. The third-order valence-electron chi connectivity index (χ3n) is 5.80. The topological polar surface area (TPSA) is 0 Å². The van der Waals surface area contributed by atoms with E-state index in [4.69, 9.17) is 0 Å². The van der Waals surface area contributed by atoms with Crippen LogP contribution < -0.4 is 0 Å². The minimum Gasteiger partial charge on any atom is -0.203 e. The van der Waals surface area contributed by atoms with Gasteiger partial charge in [-0.25, -0.2) is 8.78 Å². The molecule has 0 unspecified atom stereocenters. The second-order valence-electron chi connectivity index (χ2n) is 7.44. The number of benzene rings is 3. The third kappa shape index (κ3) is 3.53. The third-order valence-corrected chi connectivity index (χ3v) is 5.80. The fraction of sp³-hybridized carbons (Fsp3) is 0.280. The Bertz CT molecular complexity index is 918. The van der Waals surface area contributed by atoms with Crippen LogP contribution in [0.25, 0.3) is 22.3 Å². The van der Waals surface area contributed by atoms with Crippen LogP contribution in [0.15, 0.2) is 60.7 Å². The van der Waals surface area contributed by atoms with E-state index in [-0.39, 0.29) is 0 Å². The number of hydrogen-bond donors (Lipinski definition) is 0. The summed E-state index contributed by atoms with van der Waals surface area (Å²) in [6.45, 7) is 2.07. The van der Waals surface area contributed by atoms with Crippen molar-refractivity contribution < 1.29 is 8.78 Å². The summed E-state index contributed by atoms with van der Waals surface area (Å²) in [5.74, 6) is -0.939. The minimum absolute atomic E-state index is 0.307. The molecule has 0 aliphatic heterocycles. The van der Waals surface area contributed by atoms with Gasteiger partial charge in [0, 0.05) is 11.1 Å². The van der Waals surface area contributed by atoms with Gasteiger partial charge in [-0.15, -0.1) is 0 Å². The van der Waals surface area contributed by atoms with Crippen molar-refractivity contribution in [2.24, 2.45) is 0 Å². The molecule has 0 radical (unpaired) electrons. The molecule has 1 fully saturated rings. The van der Waals surface area contributed by atoms with E-state index in [0.29, 0.717) is 22.6 Å². The maximum absolute atomic E-state index is 14.8. The van der Waals surface area contributed by atoms with Gasteiger partial charge in [-0.2, -0.15) is 0 Å². The number of hydrogen-bond acceptors (Lipinski definition) is 0. The molecule has 4 rings (SSSR count). The Morgan fingerprint density at radius 3 is 1.67 bits per heavy atom. The first kappa shape index (κ1) is 17.9. The summed E-state index contributed by atoms with van der Waals surface area (Å²) in [4.78, 5) is 0. The SMILES string of the molecule is CCc1ccc(-c2ccc(-c3ccc(C4CCCC4)cc3)c(F)c2F)cc1. The summed E-state index contributed by atoms with van der Waals surface area (Å²) in [6.07, 6.45) is 5.95. The molecular weight excluding hydrogens is 338 g/mol. The van der Waals surface area contributed by atoms with E-state index in [1.165, 1.54) is 36.8 Å². The molecule has 0 N–H and O–H groups in total. The van der Waals surface area contributed by atoms with Crippen LogP contribution in [0.4, 0.5) is 8.78 Å². The average molecular weight is 362 g/mol. The lowest BCUT2D eigenvalue weighted by molar-refractivity contribution is 0.514. The van der Waals surface area contributed by atoms with E-state index in [0.717, 1.165) is 12.0 Å². The van der Waals surface area contributed by atoms with Crippen LogP contribution in [0, 0.1) is 11.6 Å². The molecule has 0 heterocycles. The molecule has 27 heavy (non-hydrogen) atoms. The summed E-state index contributed by atoms with van der Waals surface area (Å²) in [7, 11) is 0. The van der Waals surface area contributed by atoms with Gasteiger partial charge in [0.15, 0.2) is 11.6 Å². The summed E-state index contributed by atoms with van der Waals surface area (Å²) in [6, 6.07) is 19.0. The number of rotatable bonds is 4. The molecule has 0 saturated heterocycles. The zero-order valence-corrected chi connectivity index (χ0v) is 15.6. The summed E-state index contributed by atoms with van der Waals surface area (Å²) >= 11 is 0. The molecular formula is C25H24F2. The van der Waals surface area contributed by atoms with Gasteiger partial charge in [-0.3, -0.25) is 0 Å². The number of aryl methyl sites for hydroxylation is 1. The molecule has 138 valence electrons. The van der Waals surface area contributed by atoms with Gasteiger partial charge in [0.1, 0.15) is 0 Å². The lowest BCUT2D eigenvalue weighted by atomic mass is 9.94. The summed E-state index contributed by atoms with van der Waals surface area (Å²) in [5.41, 5.74) is 4.54. The van der Waals surface area contributed by atoms with Crippen LogP contribution in [0.3, 0.4) is 0 Å². The molecule has 3 aromatic rings. The van der Waals surface area contributed by atoms with Gasteiger partial charge in [-0.1, -0.05) is 80.4 Å². The number of halogens is 2. The molecule has 1 aliphatic rings. The normalized spacial score (nSPS) is 14.6. The molecule has 2 heteroatoms. The van der Waals surface area contributed by atoms with Gasteiger partial charge in [0.05, 0.1) is 0 Å². The van der Waals surface area contributed by atoms with E-state index in [1.54, 1.807) is 12.1 Å². The highest BCUT2D eigenvalue weighted by Crippen LogP contribution is 2.36.